The molecule has 4 rings (SSSR count). The number of hydrogen-bond donors (Lipinski definition) is 3. The van der Waals surface area contributed by atoms with Gasteiger partial charge in [0.25, 0.3) is 5.91 Å². The van der Waals surface area contributed by atoms with Crippen LogP contribution in [0.4, 0.5) is 0 Å². The number of nitrogens with zero attached hydrogens (tertiary/aromatic N) is 1. The van der Waals surface area contributed by atoms with Gasteiger partial charge in [-0.15, -0.1) is 0 Å². The Hall–Kier alpha value is -2.47. The largest absolute Gasteiger partial charge is 0.374 e. The Morgan fingerprint density at radius 3 is 2.34 bits per heavy atom. The smallest absolute Gasteiger partial charge is 0.252 e. The van der Waals surface area contributed by atoms with Crippen LogP contribution in [0, 0.1) is 0 Å². The summed E-state index contributed by atoms with van der Waals surface area (Å²) in [4.78, 5) is 43.8. The molecule has 0 bridgehead atoms. The number of ether oxygens (including phenoxy) is 1. The Labute approximate surface area is 280 Å². The number of hydrogen-bond acceptors (Lipinski definition) is 5. The van der Waals surface area contributed by atoms with E-state index in [1.165, 1.54) is 0 Å². The second kappa shape index (κ2) is 16.7. The molecular formula is C34H46ClIN4O4. The normalized spacial score (nSPS) is 16.6. The molecule has 10 heteroatoms. The van der Waals surface area contributed by atoms with Crippen molar-refractivity contribution in [3.63, 3.8) is 0 Å². The highest BCUT2D eigenvalue weighted by atomic mass is 127. The van der Waals surface area contributed by atoms with Gasteiger partial charge in [-0.1, -0.05) is 102 Å². The molecule has 0 saturated heterocycles. The molecule has 1 atom stereocenters. The number of likely N-dealkylation sites (N-methyl/N-ethyl adjacent to an activating group) is 1. The zero-order chi connectivity index (χ0) is 32.3. The highest BCUT2D eigenvalue weighted by Gasteiger charge is 2.46. The minimum Gasteiger partial charge on any atom is -0.374 e. The van der Waals surface area contributed by atoms with E-state index in [4.69, 9.17) is 22.1 Å². The molecule has 1 fully saturated rings. The molecular weight excluding hydrogens is 691 g/mol. The Morgan fingerprint density at radius 1 is 1.09 bits per heavy atom. The average Bonchev–Trinajstić information content (AvgIpc) is 3.27. The molecule has 2 aliphatic rings. The van der Waals surface area contributed by atoms with Crippen LogP contribution in [0.3, 0.4) is 0 Å². The summed E-state index contributed by atoms with van der Waals surface area (Å²) in [5.41, 5.74) is 7.76. The van der Waals surface area contributed by atoms with Crippen molar-refractivity contribution < 1.29 is 19.1 Å². The number of nitrogens with two attached hydrogens (primary N) is 1. The average molecular weight is 737 g/mol. The van der Waals surface area contributed by atoms with Crippen LogP contribution in [0.2, 0.25) is 5.02 Å². The van der Waals surface area contributed by atoms with Crippen LogP contribution in [0.15, 0.2) is 60.2 Å². The van der Waals surface area contributed by atoms with Gasteiger partial charge in [-0.2, -0.15) is 0 Å². The van der Waals surface area contributed by atoms with Crippen molar-refractivity contribution in [2.45, 2.75) is 83.0 Å². The van der Waals surface area contributed by atoms with Crippen molar-refractivity contribution in [3.05, 3.63) is 76.3 Å². The van der Waals surface area contributed by atoms with E-state index in [9.17, 15) is 14.4 Å². The highest BCUT2D eigenvalue weighted by Crippen LogP contribution is 2.45. The molecule has 1 aliphatic heterocycles. The summed E-state index contributed by atoms with van der Waals surface area (Å²) in [6.07, 6.45) is 5.41. The molecule has 1 saturated carbocycles. The Morgan fingerprint density at radius 2 is 1.73 bits per heavy atom. The summed E-state index contributed by atoms with van der Waals surface area (Å²) in [6.45, 7) is 6.23. The zero-order valence-electron chi connectivity index (χ0n) is 26.3. The van der Waals surface area contributed by atoms with Crippen LogP contribution < -0.4 is 16.4 Å². The molecule has 240 valence electrons. The highest BCUT2D eigenvalue weighted by molar-refractivity contribution is 14.1. The van der Waals surface area contributed by atoms with Crippen molar-refractivity contribution in [3.8, 4) is 0 Å². The van der Waals surface area contributed by atoms with E-state index >= 15 is 0 Å². The van der Waals surface area contributed by atoms with Gasteiger partial charge in [0.15, 0.2) is 0 Å². The van der Waals surface area contributed by atoms with Crippen molar-refractivity contribution >= 4 is 57.5 Å². The third-order valence-electron chi connectivity index (χ3n) is 8.22. The molecule has 0 unspecified atom stereocenters. The first-order valence-corrected chi connectivity index (χ1v) is 17.8. The molecule has 1 heterocycles. The van der Waals surface area contributed by atoms with E-state index in [-0.39, 0.29) is 18.4 Å². The Kier molecular flexibility index (Phi) is 13.7. The van der Waals surface area contributed by atoms with Crippen LogP contribution >= 0.6 is 34.2 Å². The maximum Gasteiger partial charge on any atom is 0.252 e. The van der Waals surface area contributed by atoms with Gasteiger partial charge < -0.3 is 26.0 Å². The fourth-order valence-electron chi connectivity index (χ4n) is 5.91. The van der Waals surface area contributed by atoms with Crippen LogP contribution in [0.5, 0.6) is 0 Å². The van der Waals surface area contributed by atoms with Crippen molar-refractivity contribution in [2.24, 2.45) is 5.73 Å². The topological polar surface area (TPSA) is 114 Å². The van der Waals surface area contributed by atoms with E-state index in [0.29, 0.717) is 42.3 Å². The van der Waals surface area contributed by atoms with Crippen LogP contribution in [0.25, 0.3) is 5.57 Å². The number of rotatable bonds is 12. The summed E-state index contributed by atoms with van der Waals surface area (Å²) in [5, 5.41) is 6.65. The first-order valence-electron chi connectivity index (χ1n) is 15.2. The van der Waals surface area contributed by atoms with Gasteiger partial charge in [-0.3, -0.25) is 14.4 Å². The zero-order valence-corrected chi connectivity index (χ0v) is 29.2. The number of alkyl halides is 1. The van der Waals surface area contributed by atoms with Crippen molar-refractivity contribution in [1.82, 2.24) is 15.5 Å². The van der Waals surface area contributed by atoms with E-state index in [0.717, 1.165) is 43.2 Å². The lowest BCUT2D eigenvalue weighted by Gasteiger charge is -2.37. The van der Waals surface area contributed by atoms with Gasteiger partial charge in [0.2, 0.25) is 11.8 Å². The number of nitrogens with one attached hydrogen (secondary N) is 2. The maximum absolute atomic E-state index is 13.9. The van der Waals surface area contributed by atoms with Crippen molar-refractivity contribution in [2.75, 3.05) is 24.6 Å². The minimum absolute atomic E-state index is 0.00357. The molecule has 3 amide bonds. The molecule has 2 aromatic carbocycles. The number of amides is 3. The van der Waals surface area contributed by atoms with Crippen LogP contribution in [-0.4, -0.2) is 64.4 Å². The van der Waals surface area contributed by atoms with Gasteiger partial charge in [0.1, 0.15) is 6.04 Å². The third-order valence-corrected chi connectivity index (χ3v) is 8.55. The Bertz CT molecular complexity index is 1310. The predicted molar refractivity (Wildman–Crippen MR) is 185 cm³/mol. The molecule has 1 spiro atoms. The summed E-state index contributed by atoms with van der Waals surface area (Å²) >= 11 is 8.73. The lowest BCUT2D eigenvalue weighted by Crippen LogP contribution is -2.58. The SMILES string of the molecule is CCN(CCC1=C(c2ccccc2Cl)C(=O)NC12CCCCC2)C(=O)[C@@H](COCc1ccccc1)NC(=O)C(C)(C)N.CI. The fourth-order valence-corrected chi connectivity index (χ4v) is 6.14. The van der Waals surface area contributed by atoms with E-state index in [1.807, 2.05) is 60.4 Å². The predicted octanol–water partition coefficient (Wildman–Crippen LogP) is 5.66. The van der Waals surface area contributed by atoms with E-state index in [1.54, 1.807) is 24.8 Å². The van der Waals surface area contributed by atoms with E-state index in [2.05, 4.69) is 33.2 Å². The molecule has 44 heavy (non-hydrogen) atoms. The number of halogens is 2. The number of carbonyl (C=O) groups is 3. The second-order valence-corrected chi connectivity index (χ2v) is 12.3. The first kappa shape index (κ1) is 36.0. The van der Waals surface area contributed by atoms with E-state index < -0.39 is 23.0 Å². The molecule has 4 N–H and O–H groups in total. The standard InChI is InChI=1S/C33H43ClN4O4.CH3I/c1-4-38(30(40)27(36-31(41)32(2,3)35)22-42-21-23-13-7-5-8-14-23)20-17-25-28(24-15-9-10-16-26(24)34)29(39)37-33(25)18-11-6-12-19-33;1-2/h5,7-10,13-16,27H,4,6,11-12,17-22,35H2,1-3H3,(H,36,41)(H,37,39);1H3/t27-;/m1./s1. The fraction of sp³-hybridized carbons (Fsp3) is 0.500. The summed E-state index contributed by atoms with van der Waals surface area (Å²) in [5.74, 6) is -0.798. The van der Waals surface area contributed by atoms with Gasteiger partial charge in [0, 0.05) is 29.2 Å². The molecule has 1 aliphatic carbocycles. The molecule has 8 nitrogen and oxygen atoms in total. The maximum atomic E-state index is 13.9. The third kappa shape index (κ3) is 9.05. The van der Waals surface area contributed by atoms with Crippen molar-refractivity contribution in [1.29, 1.82) is 0 Å². The van der Waals surface area contributed by atoms with Crippen LogP contribution in [-0.2, 0) is 25.7 Å². The number of benzene rings is 2. The lowest BCUT2D eigenvalue weighted by atomic mass is 9.75. The number of carbonyl (C=O) groups excluding carboxylic acids is 3. The minimum atomic E-state index is -1.16. The quantitative estimate of drug-likeness (QED) is 0.193. The van der Waals surface area contributed by atoms with Gasteiger partial charge >= 0.3 is 0 Å². The van der Waals surface area contributed by atoms with Crippen LogP contribution in [0.1, 0.15) is 70.4 Å². The van der Waals surface area contributed by atoms with Gasteiger partial charge in [-0.05, 0) is 62.2 Å². The summed E-state index contributed by atoms with van der Waals surface area (Å²) in [6, 6.07) is 16.2. The Balaban J connectivity index is 0.00000259. The van der Waals surface area contributed by atoms with Gasteiger partial charge in [-0.25, -0.2) is 0 Å². The summed E-state index contributed by atoms with van der Waals surface area (Å²) < 4.78 is 5.90. The first-order chi connectivity index (χ1) is 21.1. The lowest BCUT2D eigenvalue weighted by molar-refractivity contribution is -0.139. The molecule has 2 aromatic rings. The molecule has 0 radical (unpaired) electrons. The second-order valence-electron chi connectivity index (χ2n) is 11.8. The molecule has 0 aromatic heterocycles. The monoisotopic (exact) mass is 736 g/mol. The van der Waals surface area contributed by atoms with Gasteiger partial charge in [0.05, 0.1) is 24.3 Å². The summed E-state index contributed by atoms with van der Waals surface area (Å²) in [7, 11) is 0.